The number of rotatable bonds is 5. The summed E-state index contributed by atoms with van der Waals surface area (Å²) < 4.78 is 0. The Balaban J connectivity index is 1.38. The molecule has 2 aromatic carbocycles. The summed E-state index contributed by atoms with van der Waals surface area (Å²) in [6, 6.07) is 17.0. The highest BCUT2D eigenvalue weighted by Crippen LogP contribution is 2.17. The summed E-state index contributed by atoms with van der Waals surface area (Å²) in [5.74, 6) is 0.583. The van der Waals surface area contributed by atoms with E-state index >= 15 is 0 Å². The average Bonchev–Trinajstić information content (AvgIpc) is 3.14. The second-order valence-electron chi connectivity index (χ2n) is 6.73. The van der Waals surface area contributed by atoms with Gasteiger partial charge in [-0.15, -0.1) is 0 Å². The molecule has 1 aromatic heterocycles. The number of amides is 2. The van der Waals surface area contributed by atoms with Crippen LogP contribution in [0.3, 0.4) is 0 Å². The molecule has 1 N–H and O–H groups in total. The van der Waals surface area contributed by atoms with Gasteiger partial charge >= 0.3 is 0 Å². The number of hydrogen-bond donors (Lipinski definition) is 1. The molecule has 0 spiro atoms. The highest BCUT2D eigenvalue weighted by atomic mass is 16.2. The van der Waals surface area contributed by atoms with Gasteiger partial charge in [0.25, 0.3) is 5.91 Å². The summed E-state index contributed by atoms with van der Waals surface area (Å²) in [5.41, 5.74) is 3.02. The van der Waals surface area contributed by atoms with Gasteiger partial charge in [-0.2, -0.15) is 0 Å². The third-order valence-electron chi connectivity index (χ3n) is 4.70. The zero-order valence-electron chi connectivity index (χ0n) is 15.3. The van der Waals surface area contributed by atoms with E-state index in [1.165, 1.54) is 0 Å². The average molecular weight is 372 g/mol. The summed E-state index contributed by atoms with van der Waals surface area (Å²) in [4.78, 5) is 34.6. The Morgan fingerprint density at radius 1 is 1.00 bits per heavy atom. The molecule has 1 aliphatic rings. The topological polar surface area (TPSA) is 75.2 Å². The summed E-state index contributed by atoms with van der Waals surface area (Å²) in [7, 11) is 0. The summed E-state index contributed by atoms with van der Waals surface area (Å²) in [6.45, 7) is 1.40. The maximum Gasteiger partial charge on any atom is 0.255 e. The SMILES string of the molecule is O=C(Nc1cnc(-c2ccccc2)nc1)c1ccc(CN2CCCC2=O)cc1. The fourth-order valence-electron chi connectivity index (χ4n) is 3.19. The number of likely N-dealkylation sites (tertiary alicyclic amines) is 1. The Hall–Kier alpha value is -3.54. The minimum Gasteiger partial charge on any atom is -0.338 e. The van der Waals surface area contributed by atoms with Crippen molar-refractivity contribution in [1.82, 2.24) is 14.9 Å². The molecule has 0 aliphatic carbocycles. The van der Waals surface area contributed by atoms with Crippen molar-refractivity contribution in [3.63, 3.8) is 0 Å². The Labute approximate surface area is 163 Å². The summed E-state index contributed by atoms with van der Waals surface area (Å²) >= 11 is 0. The summed E-state index contributed by atoms with van der Waals surface area (Å²) in [6.07, 6.45) is 4.75. The van der Waals surface area contributed by atoms with Gasteiger partial charge in [-0.3, -0.25) is 9.59 Å². The molecule has 0 unspecified atom stereocenters. The highest BCUT2D eigenvalue weighted by molar-refractivity contribution is 6.04. The van der Waals surface area contributed by atoms with E-state index in [4.69, 9.17) is 0 Å². The van der Waals surface area contributed by atoms with Crippen molar-refractivity contribution in [2.24, 2.45) is 0 Å². The van der Waals surface area contributed by atoms with Gasteiger partial charge in [-0.25, -0.2) is 9.97 Å². The maximum absolute atomic E-state index is 12.4. The standard InChI is InChI=1S/C22H20N4O2/c27-20-7-4-12-26(20)15-16-8-10-18(11-9-16)22(28)25-19-13-23-21(24-14-19)17-5-2-1-3-6-17/h1-3,5-6,8-11,13-14H,4,7,12,15H2,(H,25,28). The zero-order valence-corrected chi connectivity index (χ0v) is 15.3. The molecule has 2 heterocycles. The van der Waals surface area contributed by atoms with Gasteiger partial charge in [0.05, 0.1) is 18.1 Å². The fraction of sp³-hybridized carbons (Fsp3) is 0.182. The molecule has 4 rings (SSSR count). The Morgan fingerprint density at radius 2 is 1.71 bits per heavy atom. The quantitative estimate of drug-likeness (QED) is 0.744. The number of nitrogens with one attached hydrogen (secondary N) is 1. The number of benzene rings is 2. The van der Waals surface area contributed by atoms with Crippen LogP contribution in [0.1, 0.15) is 28.8 Å². The first kappa shape index (κ1) is 17.9. The van der Waals surface area contributed by atoms with Crippen LogP contribution in [-0.2, 0) is 11.3 Å². The van der Waals surface area contributed by atoms with E-state index in [0.29, 0.717) is 30.0 Å². The van der Waals surface area contributed by atoms with Crippen LogP contribution in [-0.4, -0.2) is 33.2 Å². The van der Waals surface area contributed by atoms with Crippen molar-refractivity contribution in [3.8, 4) is 11.4 Å². The van der Waals surface area contributed by atoms with Gasteiger partial charge < -0.3 is 10.2 Å². The van der Waals surface area contributed by atoms with Gasteiger partial charge in [0, 0.05) is 30.6 Å². The molecule has 1 aliphatic heterocycles. The smallest absolute Gasteiger partial charge is 0.255 e. The van der Waals surface area contributed by atoms with Crippen LogP contribution < -0.4 is 5.32 Å². The third kappa shape index (κ3) is 4.06. The maximum atomic E-state index is 12.4. The number of carbonyl (C=O) groups excluding carboxylic acids is 2. The molecule has 6 nitrogen and oxygen atoms in total. The van der Waals surface area contributed by atoms with E-state index in [9.17, 15) is 9.59 Å². The second kappa shape index (κ2) is 8.00. The van der Waals surface area contributed by atoms with E-state index in [1.807, 2.05) is 47.4 Å². The molecule has 0 radical (unpaired) electrons. The Kier molecular flexibility index (Phi) is 5.10. The van der Waals surface area contributed by atoms with Crippen molar-refractivity contribution in [2.75, 3.05) is 11.9 Å². The van der Waals surface area contributed by atoms with Crippen LogP contribution in [0.2, 0.25) is 0 Å². The fourth-order valence-corrected chi connectivity index (χ4v) is 3.19. The zero-order chi connectivity index (χ0) is 19.3. The Bertz CT molecular complexity index is 970. The minimum absolute atomic E-state index is 0.195. The molecule has 1 saturated heterocycles. The van der Waals surface area contributed by atoms with Gasteiger partial charge in [-0.1, -0.05) is 42.5 Å². The van der Waals surface area contributed by atoms with Crippen LogP contribution in [0.25, 0.3) is 11.4 Å². The molecule has 3 aromatic rings. The molecule has 140 valence electrons. The molecule has 0 atom stereocenters. The van der Waals surface area contributed by atoms with Crippen LogP contribution in [0.15, 0.2) is 67.0 Å². The number of nitrogens with zero attached hydrogens (tertiary/aromatic N) is 3. The first-order valence-electron chi connectivity index (χ1n) is 9.24. The van der Waals surface area contributed by atoms with Crippen molar-refractivity contribution in [3.05, 3.63) is 78.1 Å². The van der Waals surface area contributed by atoms with Gasteiger partial charge in [0.15, 0.2) is 5.82 Å². The van der Waals surface area contributed by atoms with Crippen molar-refractivity contribution < 1.29 is 9.59 Å². The second-order valence-corrected chi connectivity index (χ2v) is 6.73. The van der Waals surface area contributed by atoms with Crippen molar-refractivity contribution in [2.45, 2.75) is 19.4 Å². The minimum atomic E-state index is -0.222. The molecular formula is C22H20N4O2. The molecule has 6 heteroatoms. The lowest BCUT2D eigenvalue weighted by molar-refractivity contribution is -0.128. The molecule has 0 bridgehead atoms. The molecule has 28 heavy (non-hydrogen) atoms. The van der Waals surface area contributed by atoms with E-state index in [-0.39, 0.29) is 11.8 Å². The number of carbonyl (C=O) groups is 2. The number of aromatic nitrogens is 2. The van der Waals surface area contributed by atoms with E-state index in [1.54, 1.807) is 24.5 Å². The lowest BCUT2D eigenvalue weighted by Crippen LogP contribution is -2.23. The lowest BCUT2D eigenvalue weighted by atomic mass is 10.1. The molecule has 1 fully saturated rings. The van der Waals surface area contributed by atoms with Crippen molar-refractivity contribution in [1.29, 1.82) is 0 Å². The monoisotopic (exact) mass is 372 g/mol. The first-order chi connectivity index (χ1) is 13.7. The third-order valence-corrected chi connectivity index (χ3v) is 4.70. The molecular weight excluding hydrogens is 352 g/mol. The van der Waals surface area contributed by atoms with E-state index < -0.39 is 0 Å². The predicted molar refractivity (Wildman–Crippen MR) is 107 cm³/mol. The summed E-state index contributed by atoms with van der Waals surface area (Å²) in [5, 5.41) is 2.81. The van der Waals surface area contributed by atoms with Crippen LogP contribution in [0.4, 0.5) is 5.69 Å². The van der Waals surface area contributed by atoms with Gasteiger partial charge in [-0.05, 0) is 24.1 Å². The predicted octanol–water partition coefficient (Wildman–Crippen LogP) is 3.52. The number of anilines is 1. The van der Waals surface area contributed by atoms with Crippen LogP contribution in [0, 0.1) is 0 Å². The van der Waals surface area contributed by atoms with E-state index in [2.05, 4.69) is 15.3 Å². The molecule has 2 amide bonds. The largest absolute Gasteiger partial charge is 0.338 e. The normalized spacial score (nSPS) is 13.6. The van der Waals surface area contributed by atoms with E-state index in [0.717, 1.165) is 24.1 Å². The van der Waals surface area contributed by atoms with Crippen molar-refractivity contribution >= 4 is 17.5 Å². The molecule has 0 saturated carbocycles. The Morgan fingerprint density at radius 3 is 2.36 bits per heavy atom. The van der Waals surface area contributed by atoms with Crippen LogP contribution >= 0.6 is 0 Å². The number of hydrogen-bond acceptors (Lipinski definition) is 4. The first-order valence-corrected chi connectivity index (χ1v) is 9.24. The van der Waals surface area contributed by atoms with Gasteiger partial charge in [0.1, 0.15) is 0 Å². The van der Waals surface area contributed by atoms with Crippen LogP contribution in [0.5, 0.6) is 0 Å². The van der Waals surface area contributed by atoms with Gasteiger partial charge in [0.2, 0.25) is 5.91 Å². The lowest BCUT2D eigenvalue weighted by Gasteiger charge is -2.15. The highest BCUT2D eigenvalue weighted by Gasteiger charge is 2.20.